The van der Waals surface area contributed by atoms with Crippen LogP contribution in [0.4, 0.5) is 4.39 Å². The van der Waals surface area contributed by atoms with Crippen LogP contribution in [0.3, 0.4) is 0 Å². The topological polar surface area (TPSA) is 26.0 Å². The molecule has 0 aliphatic heterocycles. The molecule has 0 fully saturated rings. The lowest BCUT2D eigenvalue weighted by Crippen LogP contribution is -1.82. The number of hydrogen-bond donors (Lipinski definition) is 0. The molecule has 1 aromatic heterocycles. The van der Waals surface area contributed by atoms with Gasteiger partial charge in [0.1, 0.15) is 11.3 Å². The largest absolute Gasteiger partial charge is 0.443 e. The van der Waals surface area contributed by atoms with Gasteiger partial charge in [0.05, 0.1) is 0 Å². The molecule has 0 saturated carbocycles. The molecule has 2 rings (SSSR count). The Bertz CT molecular complexity index is 394. The van der Waals surface area contributed by atoms with E-state index in [2.05, 4.69) is 4.98 Å². The van der Waals surface area contributed by atoms with Crippen LogP contribution in [-0.4, -0.2) is 4.98 Å². The van der Waals surface area contributed by atoms with Crippen LogP contribution in [0.1, 0.15) is 5.56 Å². The summed E-state index contributed by atoms with van der Waals surface area (Å²) in [7, 11) is 0. The maximum absolute atomic E-state index is 12.8. The van der Waals surface area contributed by atoms with Crippen LogP contribution in [0, 0.1) is 12.7 Å². The molecule has 0 aliphatic carbocycles. The Morgan fingerprint density at radius 3 is 3.09 bits per heavy atom. The number of nitrogens with zero attached hydrogens (tertiary/aromatic N) is 1. The predicted octanol–water partition coefficient (Wildman–Crippen LogP) is 2.28. The zero-order valence-corrected chi connectivity index (χ0v) is 5.97. The number of fused-ring (bicyclic) bond motifs is 1. The monoisotopic (exact) mass is 151 g/mol. The van der Waals surface area contributed by atoms with Gasteiger partial charge in [-0.15, -0.1) is 0 Å². The van der Waals surface area contributed by atoms with E-state index in [1.165, 1.54) is 12.5 Å². The lowest BCUT2D eigenvalue weighted by Gasteiger charge is -1.93. The number of rotatable bonds is 0. The van der Waals surface area contributed by atoms with Crippen molar-refractivity contribution in [1.29, 1.82) is 0 Å². The van der Waals surface area contributed by atoms with E-state index in [9.17, 15) is 4.39 Å². The molecule has 0 atom stereocenters. The number of benzene rings is 1. The van der Waals surface area contributed by atoms with Gasteiger partial charge in [-0.25, -0.2) is 9.37 Å². The molecule has 11 heavy (non-hydrogen) atoms. The van der Waals surface area contributed by atoms with Gasteiger partial charge in [0.25, 0.3) is 0 Å². The third-order valence-electron chi connectivity index (χ3n) is 1.69. The Labute approximate surface area is 62.7 Å². The second-order valence-electron chi connectivity index (χ2n) is 2.37. The van der Waals surface area contributed by atoms with Crippen molar-refractivity contribution >= 4 is 11.1 Å². The van der Waals surface area contributed by atoms with Crippen LogP contribution >= 0.6 is 0 Å². The van der Waals surface area contributed by atoms with Crippen LogP contribution < -0.4 is 0 Å². The van der Waals surface area contributed by atoms with Crippen molar-refractivity contribution < 1.29 is 8.81 Å². The Kier molecular flexibility index (Phi) is 1.18. The standard InChI is InChI=1S/C8H6FNO/c1-5-6(9)2-3-7-8(5)10-4-11-7/h2-4H,1H3. The fourth-order valence-corrected chi connectivity index (χ4v) is 1.04. The Morgan fingerprint density at radius 1 is 1.45 bits per heavy atom. The molecule has 1 aromatic carbocycles. The molecule has 0 unspecified atom stereocenters. The summed E-state index contributed by atoms with van der Waals surface area (Å²) in [5.41, 5.74) is 1.77. The molecule has 1 heterocycles. The van der Waals surface area contributed by atoms with Crippen LogP contribution in [0.25, 0.3) is 11.1 Å². The Balaban J connectivity index is 2.93. The molecule has 0 aliphatic rings. The van der Waals surface area contributed by atoms with Gasteiger partial charge in [0.15, 0.2) is 12.0 Å². The van der Waals surface area contributed by atoms with E-state index in [0.29, 0.717) is 16.7 Å². The normalized spacial score (nSPS) is 10.7. The minimum absolute atomic E-state index is 0.244. The van der Waals surface area contributed by atoms with Crippen molar-refractivity contribution in [3.05, 3.63) is 29.9 Å². The highest BCUT2D eigenvalue weighted by molar-refractivity contribution is 5.75. The van der Waals surface area contributed by atoms with Gasteiger partial charge in [0, 0.05) is 5.56 Å². The maximum atomic E-state index is 12.8. The van der Waals surface area contributed by atoms with Crippen molar-refractivity contribution in [2.45, 2.75) is 6.92 Å². The molecule has 0 amide bonds. The lowest BCUT2D eigenvalue weighted by atomic mass is 10.2. The molecule has 0 radical (unpaired) electrons. The number of oxazole rings is 1. The smallest absolute Gasteiger partial charge is 0.181 e. The average Bonchev–Trinajstić information content (AvgIpc) is 2.45. The third kappa shape index (κ3) is 0.808. The van der Waals surface area contributed by atoms with Gasteiger partial charge >= 0.3 is 0 Å². The predicted molar refractivity (Wildman–Crippen MR) is 38.7 cm³/mol. The summed E-state index contributed by atoms with van der Waals surface area (Å²) in [5, 5.41) is 0. The molecule has 0 spiro atoms. The Morgan fingerprint density at radius 2 is 2.27 bits per heavy atom. The van der Waals surface area contributed by atoms with Crippen molar-refractivity contribution in [3.8, 4) is 0 Å². The molecule has 3 heteroatoms. The van der Waals surface area contributed by atoms with Gasteiger partial charge in [-0.05, 0) is 19.1 Å². The molecular weight excluding hydrogens is 145 g/mol. The first kappa shape index (κ1) is 6.34. The van der Waals surface area contributed by atoms with Crippen LogP contribution in [0.15, 0.2) is 22.9 Å². The van der Waals surface area contributed by atoms with E-state index in [1.54, 1.807) is 13.0 Å². The summed E-state index contributed by atoms with van der Waals surface area (Å²) in [4.78, 5) is 3.87. The zero-order valence-electron chi connectivity index (χ0n) is 5.97. The molecule has 0 saturated heterocycles. The summed E-state index contributed by atoms with van der Waals surface area (Å²) >= 11 is 0. The highest BCUT2D eigenvalue weighted by atomic mass is 19.1. The average molecular weight is 151 g/mol. The Hall–Kier alpha value is -1.38. The van der Waals surface area contributed by atoms with Crippen LogP contribution in [0.2, 0.25) is 0 Å². The van der Waals surface area contributed by atoms with Gasteiger partial charge in [-0.2, -0.15) is 0 Å². The second-order valence-corrected chi connectivity index (χ2v) is 2.37. The molecule has 2 aromatic rings. The lowest BCUT2D eigenvalue weighted by molar-refractivity contribution is 0.598. The minimum Gasteiger partial charge on any atom is -0.443 e. The fraction of sp³-hybridized carbons (Fsp3) is 0.125. The number of hydrogen-bond acceptors (Lipinski definition) is 2. The molecule has 0 N–H and O–H groups in total. The van der Waals surface area contributed by atoms with Crippen LogP contribution in [0.5, 0.6) is 0 Å². The SMILES string of the molecule is Cc1c(F)ccc2ocnc12. The highest BCUT2D eigenvalue weighted by Gasteiger charge is 2.05. The van der Waals surface area contributed by atoms with E-state index in [0.717, 1.165) is 0 Å². The van der Waals surface area contributed by atoms with E-state index in [-0.39, 0.29) is 5.82 Å². The quantitative estimate of drug-likeness (QED) is 0.577. The van der Waals surface area contributed by atoms with Crippen molar-refractivity contribution in [2.24, 2.45) is 0 Å². The molecule has 2 nitrogen and oxygen atoms in total. The zero-order chi connectivity index (χ0) is 7.84. The fourth-order valence-electron chi connectivity index (χ4n) is 1.04. The third-order valence-corrected chi connectivity index (χ3v) is 1.69. The molecule has 0 bridgehead atoms. The van der Waals surface area contributed by atoms with Crippen LogP contribution in [-0.2, 0) is 0 Å². The molecule has 56 valence electrons. The highest BCUT2D eigenvalue weighted by Crippen LogP contribution is 2.18. The van der Waals surface area contributed by atoms with E-state index in [4.69, 9.17) is 4.42 Å². The summed E-state index contributed by atoms with van der Waals surface area (Å²) < 4.78 is 17.8. The van der Waals surface area contributed by atoms with E-state index < -0.39 is 0 Å². The van der Waals surface area contributed by atoms with Crippen molar-refractivity contribution in [1.82, 2.24) is 4.98 Å². The van der Waals surface area contributed by atoms with E-state index >= 15 is 0 Å². The number of aryl methyl sites for hydroxylation is 1. The number of aromatic nitrogens is 1. The van der Waals surface area contributed by atoms with Gasteiger partial charge < -0.3 is 4.42 Å². The van der Waals surface area contributed by atoms with Gasteiger partial charge in [-0.1, -0.05) is 0 Å². The van der Waals surface area contributed by atoms with Crippen molar-refractivity contribution in [3.63, 3.8) is 0 Å². The summed E-state index contributed by atoms with van der Waals surface area (Å²) in [6.45, 7) is 1.68. The first-order chi connectivity index (χ1) is 5.29. The summed E-state index contributed by atoms with van der Waals surface area (Å²) in [6, 6.07) is 2.95. The van der Waals surface area contributed by atoms with Gasteiger partial charge in [-0.3, -0.25) is 0 Å². The molecular formula is C8H6FNO. The second kappa shape index (κ2) is 2.05. The summed E-state index contributed by atoms with van der Waals surface area (Å²) in [6.07, 6.45) is 1.32. The minimum atomic E-state index is -0.244. The van der Waals surface area contributed by atoms with E-state index in [1.807, 2.05) is 0 Å². The van der Waals surface area contributed by atoms with Gasteiger partial charge in [0.2, 0.25) is 0 Å². The first-order valence-corrected chi connectivity index (χ1v) is 3.27. The maximum Gasteiger partial charge on any atom is 0.181 e. The number of halogens is 1. The summed E-state index contributed by atoms with van der Waals surface area (Å²) in [5.74, 6) is -0.244. The van der Waals surface area contributed by atoms with Crippen molar-refractivity contribution in [2.75, 3.05) is 0 Å². The first-order valence-electron chi connectivity index (χ1n) is 3.27.